The lowest BCUT2D eigenvalue weighted by atomic mass is 9.69. The van der Waals surface area contributed by atoms with Crippen LogP contribution in [0.1, 0.15) is 24.8 Å². The van der Waals surface area contributed by atoms with Gasteiger partial charge in [-0.05, 0) is 43.9 Å². The molecule has 0 aliphatic heterocycles. The fourth-order valence-corrected chi connectivity index (χ4v) is 1.76. The number of aromatic nitrogens is 1. The smallest absolute Gasteiger partial charge is 0.246 e. The molecular formula is C12H13N3O. The Morgan fingerprint density at radius 2 is 2.38 bits per heavy atom. The number of nitriles is 1. The lowest BCUT2D eigenvalue weighted by molar-refractivity contribution is -0.126. The summed E-state index contributed by atoms with van der Waals surface area (Å²) in [7, 11) is 0. The molecule has 1 aliphatic carbocycles. The molecule has 0 unspecified atom stereocenters. The van der Waals surface area contributed by atoms with Gasteiger partial charge in [-0.25, -0.2) is 4.98 Å². The number of amides is 1. The van der Waals surface area contributed by atoms with Crippen LogP contribution in [0.15, 0.2) is 18.3 Å². The van der Waals surface area contributed by atoms with E-state index in [4.69, 9.17) is 5.26 Å². The van der Waals surface area contributed by atoms with E-state index in [-0.39, 0.29) is 5.91 Å². The van der Waals surface area contributed by atoms with Crippen LogP contribution >= 0.6 is 0 Å². The molecule has 1 heterocycles. The molecular weight excluding hydrogens is 202 g/mol. The number of nitrogens with one attached hydrogen (secondary N) is 1. The molecule has 1 fully saturated rings. The van der Waals surface area contributed by atoms with Gasteiger partial charge in [-0.2, -0.15) is 5.26 Å². The van der Waals surface area contributed by atoms with E-state index in [9.17, 15) is 4.79 Å². The Bertz CT molecular complexity index is 458. The van der Waals surface area contributed by atoms with Gasteiger partial charge in [0.25, 0.3) is 0 Å². The van der Waals surface area contributed by atoms with E-state index in [1.807, 2.05) is 13.0 Å². The number of pyridine rings is 1. The summed E-state index contributed by atoms with van der Waals surface area (Å²) in [6, 6.07) is 5.76. The summed E-state index contributed by atoms with van der Waals surface area (Å²) in [6.45, 7) is 1.93. The topological polar surface area (TPSA) is 65.8 Å². The van der Waals surface area contributed by atoms with E-state index in [1.165, 1.54) is 0 Å². The first kappa shape index (κ1) is 10.6. The minimum absolute atomic E-state index is 0.223. The van der Waals surface area contributed by atoms with Gasteiger partial charge in [0.15, 0.2) is 0 Å². The van der Waals surface area contributed by atoms with Gasteiger partial charge >= 0.3 is 0 Å². The highest BCUT2D eigenvalue weighted by atomic mass is 16.2. The van der Waals surface area contributed by atoms with Gasteiger partial charge in [0.2, 0.25) is 5.91 Å². The van der Waals surface area contributed by atoms with Crippen molar-refractivity contribution in [2.45, 2.75) is 26.2 Å². The van der Waals surface area contributed by atoms with Crippen molar-refractivity contribution in [1.29, 1.82) is 5.26 Å². The molecule has 0 aromatic carbocycles. The summed E-state index contributed by atoms with van der Waals surface area (Å²) in [5, 5.41) is 11.7. The van der Waals surface area contributed by atoms with Gasteiger partial charge in [-0.3, -0.25) is 4.79 Å². The lowest BCUT2D eigenvalue weighted by Gasteiger charge is -2.33. The first-order chi connectivity index (χ1) is 7.66. The van der Waals surface area contributed by atoms with Crippen molar-refractivity contribution >= 4 is 11.7 Å². The number of rotatable bonds is 2. The Morgan fingerprint density at radius 3 is 2.88 bits per heavy atom. The van der Waals surface area contributed by atoms with Gasteiger partial charge in [0, 0.05) is 6.20 Å². The van der Waals surface area contributed by atoms with E-state index < -0.39 is 5.41 Å². The van der Waals surface area contributed by atoms with Crippen molar-refractivity contribution in [1.82, 2.24) is 4.98 Å². The van der Waals surface area contributed by atoms with E-state index >= 15 is 0 Å². The molecule has 0 spiro atoms. The molecule has 1 N–H and O–H groups in total. The summed E-state index contributed by atoms with van der Waals surface area (Å²) < 4.78 is 0. The van der Waals surface area contributed by atoms with Crippen molar-refractivity contribution in [2.24, 2.45) is 5.41 Å². The fourth-order valence-electron chi connectivity index (χ4n) is 1.76. The van der Waals surface area contributed by atoms with Gasteiger partial charge < -0.3 is 5.32 Å². The van der Waals surface area contributed by atoms with Crippen LogP contribution in [-0.4, -0.2) is 10.9 Å². The van der Waals surface area contributed by atoms with Crippen LogP contribution in [0.25, 0.3) is 0 Å². The van der Waals surface area contributed by atoms with Crippen molar-refractivity contribution < 1.29 is 4.79 Å². The number of aryl methyl sites for hydroxylation is 1. The SMILES string of the molecule is Cc1ccnc(NC(=O)C2(C#N)CCC2)c1. The number of carbonyl (C=O) groups excluding carboxylic acids is 1. The Hall–Kier alpha value is -1.89. The number of anilines is 1. The quantitative estimate of drug-likeness (QED) is 0.820. The molecule has 2 rings (SSSR count). The number of hydrogen-bond acceptors (Lipinski definition) is 3. The second-order valence-electron chi connectivity index (χ2n) is 4.22. The Morgan fingerprint density at radius 1 is 1.62 bits per heavy atom. The third-order valence-corrected chi connectivity index (χ3v) is 3.01. The Balaban J connectivity index is 2.11. The number of nitrogens with zero attached hydrogens (tertiary/aromatic N) is 2. The van der Waals surface area contributed by atoms with Gasteiger partial charge in [0.05, 0.1) is 6.07 Å². The predicted molar refractivity (Wildman–Crippen MR) is 59.5 cm³/mol. The maximum Gasteiger partial charge on any atom is 0.246 e. The van der Waals surface area contributed by atoms with E-state index in [1.54, 1.807) is 12.3 Å². The molecule has 1 amide bonds. The van der Waals surface area contributed by atoms with Crippen LogP contribution < -0.4 is 5.32 Å². The highest BCUT2D eigenvalue weighted by molar-refractivity contribution is 5.97. The number of hydrogen-bond donors (Lipinski definition) is 1. The van der Waals surface area contributed by atoms with Gasteiger partial charge in [0.1, 0.15) is 11.2 Å². The second-order valence-corrected chi connectivity index (χ2v) is 4.22. The third-order valence-electron chi connectivity index (χ3n) is 3.01. The number of carbonyl (C=O) groups is 1. The average molecular weight is 215 g/mol. The summed E-state index contributed by atoms with van der Waals surface area (Å²) in [4.78, 5) is 15.9. The summed E-state index contributed by atoms with van der Waals surface area (Å²) >= 11 is 0. The fraction of sp³-hybridized carbons (Fsp3) is 0.417. The predicted octanol–water partition coefficient (Wildman–Crippen LogP) is 2.02. The maximum atomic E-state index is 11.9. The molecule has 16 heavy (non-hydrogen) atoms. The molecule has 1 aromatic rings. The molecule has 0 saturated heterocycles. The van der Waals surface area contributed by atoms with Crippen LogP contribution in [0.5, 0.6) is 0 Å². The van der Waals surface area contributed by atoms with Gasteiger partial charge in [-0.1, -0.05) is 0 Å². The van der Waals surface area contributed by atoms with Crippen LogP contribution in [0.3, 0.4) is 0 Å². The molecule has 0 radical (unpaired) electrons. The van der Waals surface area contributed by atoms with Crippen molar-refractivity contribution in [3.05, 3.63) is 23.9 Å². The molecule has 1 saturated carbocycles. The average Bonchev–Trinajstić information content (AvgIpc) is 2.16. The van der Waals surface area contributed by atoms with Crippen LogP contribution in [-0.2, 0) is 4.79 Å². The minimum atomic E-state index is -0.814. The zero-order chi connectivity index (χ0) is 11.6. The summed E-state index contributed by atoms with van der Waals surface area (Å²) in [5.74, 6) is 0.297. The van der Waals surface area contributed by atoms with Crippen molar-refractivity contribution in [2.75, 3.05) is 5.32 Å². The molecule has 1 aliphatic rings. The van der Waals surface area contributed by atoms with Crippen LogP contribution in [0, 0.1) is 23.7 Å². The summed E-state index contributed by atoms with van der Waals surface area (Å²) in [6.07, 6.45) is 3.90. The molecule has 0 bridgehead atoms. The second kappa shape index (κ2) is 3.93. The highest BCUT2D eigenvalue weighted by Crippen LogP contribution is 2.41. The highest BCUT2D eigenvalue weighted by Gasteiger charge is 2.44. The molecule has 1 aromatic heterocycles. The van der Waals surface area contributed by atoms with Crippen LogP contribution in [0.4, 0.5) is 5.82 Å². The van der Waals surface area contributed by atoms with Gasteiger partial charge in [-0.15, -0.1) is 0 Å². The molecule has 0 atom stereocenters. The summed E-state index contributed by atoms with van der Waals surface area (Å²) in [5.41, 5.74) is 0.218. The zero-order valence-corrected chi connectivity index (χ0v) is 9.16. The van der Waals surface area contributed by atoms with E-state index in [0.717, 1.165) is 12.0 Å². The normalized spacial score (nSPS) is 17.0. The van der Waals surface area contributed by atoms with Crippen LogP contribution in [0.2, 0.25) is 0 Å². The molecule has 82 valence electrons. The van der Waals surface area contributed by atoms with Crippen molar-refractivity contribution in [3.63, 3.8) is 0 Å². The Labute approximate surface area is 94.3 Å². The first-order valence-electron chi connectivity index (χ1n) is 5.32. The first-order valence-corrected chi connectivity index (χ1v) is 5.32. The third kappa shape index (κ3) is 1.76. The molecule has 4 heteroatoms. The Kier molecular flexibility index (Phi) is 2.61. The lowest BCUT2D eigenvalue weighted by Crippen LogP contribution is -2.40. The maximum absolute atomic E-state index is 11.9. The monoisotopic (exact) mass is 215 g/mol. The molecule has 4 nitrogen and oxygen atoms in total. The van der Waals surface area contributed by atoms with Crippen molar-refractivity contribution in [3.8, 4) is 6.07 Å². The largest absolute Gasteiger partial charge is 0.309 e. The minimum Gasteiger partial charge on any atom is -0.309 e. The standard InChI is InChI=1S/C12H13N3O/c1-9-3-6-14-10(7-9)15-11(16)12(8-13)4-2-5-12/h3,6-7H,2,4-5H2,1H3,(H,14,15,16). The van der Waals surface area contributed by atoms with E-state index in [2.05, 4.69) is 16.4 Å². The zero-order valence-electron chi connectivity index (χ0n) is 9.16. The van der Waals surface area contributed by atoms with E-state index in [0.29, 0.717) is 18.7 Å².